The zero-order chi connectivity index (χ0) is 19.5. The van der Waals surface area contributed by atoms with Gasteiger partial charge in [0, 0.05) is 5.69 Å². The molecule has 2 aromatic rings. The van der Waals surface area contributed by atoms with Crippen LogP contribution in [0.2, 0.25) is 0 Å². The summed E-state index contributed by atoms with van der Waals surface area (Å²) >= 11 is 0. The van der Waals surface area contributed by atoms with E-state index in [1.54, 1.807) is 0 Å². The third-order valence-corrected chi connectivity index (χ3v) is 6.98. The van der Waals surface area contributed by atoms with E-state index in [-0.39, 0.29) is 17.4 Å². The van der Waals surface area contributed by atoms with Gasteiger partial charge in [-0.05, 0) is 54.4 Å². The monoisotopic (exact) mass is 403 g/mol. The summed E-state index contributed by atoms with van der Waals surface area (Å²) in [6, 6.07) is 1.50. The van der Waals surface area contributed by atoms with Crippen LogP contribution in [0.4, 0.5) is 10.5 Å². The number of fused-ring (bicyclic) bond motifs is 3. The molecule has 0 radical (unpaired) electrons. The molecular weight excluding hydrogens is 382 g/mol. The molecule has 3 aliphatic rings. The number of anilines is 1. The number of carbonyl (C=O) groups excluding carboxylic acids is 1. The molecule has 1 aromatic heterocycles. The van der Waals surface area contributed by atoms with Gasteiger partial charge in [-0.25, -0.2) is 18.8 Å². The minimum Gasteiger partial charge on any atom is -0.469 e. The number of urea groups is 1. The van der Waals surface area contributed by atoms with E-state index in [0.29, 0.717) is 6.54 Å². The highest BCUT2D eigenvalue weighted by Gasteiger charge is 2.31. The number of nitrogens with one attached hydrogen (secondary N) is 1. The number of amides is 2. The van der Waals surface area contributed by atoms with Crippen molar-refractivity contribution in [3.63, 3.8) is 0 Å². The predicted octanol–water partition coefficient (Wildman–Crippen LogP) is 1.16. The fourth-order valence-electron chi connectivity index (χ4n) is 4.19. The number of aromatic nitrogens is 2. The van der Waals surface area contributed by atoms with E-state index in [4.69, 9.17) is 9.88 Å². The maximum Gasteiger partial charge on any atom is 0.354 e. The van der Waals surface area contributed by atoms with Crippen LogP contribution in [0.1, 0.15) is 28.7 Å². The maximum absolute atomic E-state index is 13.0. The Labute approximate surface area is 162 Å². The Balaban J connectivity index is 1.45. The molecule has 2 amide bonds. The number of aliphatic hydroxyl groups excluding tert-OH is 1. The second-order valence-electron chi connectivity index (χ2n) is 7.39. The Hall–Kier alpha value is -2.43. The first-order valence-electron chi connectivity index (χ1n) is 9.32. The molecular formula is C18H21N5O4S. The molecule has 1 aromatic carbocycles. The van der Waals surface area contributed by atoms with E-state index < -0.39 is 22.1 Å². The Morgan fingerprint density at radius 1 is 1.36 bits per heavy atom. The molecule has 0 fully saturated rings. The lowest BCUT2D eigenvalue weighted by Gasteiger charge is -2.25. The normalized spacial score (nSPS) is 21.0. The first kappa shape index (κ1) is 17.7. The smallest absolute Gasteiger partial charge is 0.354 e. The highest BCUT2D eigenvalue weighted by molar-refractivity contribution is 7.91. The summed E-state index contributed by atoms with van der Waals surface area (Å²) in [6.45, 7) is 0.131. The largest absolute Gasteiger partial charge is 0.469 e. The number of carbonyl (C=O) groups is 1. The Morgan fingerprint density at radius 3 is 2.89 bits per heavy atom. The average molecular weight is 403 g/mol. The van der Waals surface area contributed by atoms with Crippen molar-refractivity contribution in [1.29, 1.82) is 0 Å². The summed E-state index contributed by atoms with van der Waals surface area (Å²) in [5.74, 6) is 0.188. The molecule has 0 saturated carbocycles. The second kappa shape index (κ2) is 6.29. The van der Waals surface area contributed by atoms with E-state index >= 15 is 0 Å². The van der Waals surface area contributed by atoms with E-state index in [1.807, 2.05) is 0 Å². The van der Waals surface area contributed by atoms with Crippen molar-refractivity contribution in [1.82, 2.24) is 9.78 Å². The van der Waals surface area contributed by atoms with Crippen molar-refractivity contribution < 1.29 is 18.8 Å². The van der Waals surface area contributed by atoms with Gasteiger partial charge in [0.05, 0.1) is 19.3 Å². The van der Waals surface area contributed by atoms with Gasteiger partial charge < -0.3 is 15.2 Å². The van der Waals surface area contributed by atoms with Crippen LogP contribution >= 0.6 is 0 Å². The summed E-state index contributed by atoms with van der Waals surface area (Å²) in [4.78, 5) is 12.6. The van der Waals surface area contributed by atoms with Crippen LogP contribution in [0.3, 0.4) is 0 Å². The highest BCUT2D eigenvalue weighted by atomic mass is 32.2. The van der Waals surface area contributed by atoms with Gasteiger partial charge in [-0.1, -0.05) is 6.07 Å². The van der Waals surface area contributed by atoms with Crippen molar-refractivity contribution in [2.75, 3.05) is 11.9 Å². The van der Waals surface area contributed by atoms with Crippen molar-refractivity contribution in [3.05, 3.63) is 34.5 Å². The zero-order valence-electron chi connectivity index (χ0n) is 15.2. The summed E-state index contributed by atoms with van der Waals surface area (Å²) in [7, 11) is -3.54. The van der Waals surface area contributed by atoms with Crippen LogP contribution in [-0.4, -0.2) is 37.8 Å². The molecule has 0 saturated heterocycles. The van der Waals surface area contributed by atoms with Gasteiger partial charge in [0.1, 0.15) is 11.0 Å². The number of nitrogens with two attached hydrogens (primary N) is 1. The lowest BCUT2D eigenvalue weighted by molar-refractivity contribution is 0.130. The molecule has 28 heavy (non-hydrogen) atoms. The van der Waals surface area contributed by atoms with Crippen molar-refractivity contribution in [2.45, 2.75) is 49.6 Å². The Kier molecular flexibility index (Phi) is 3.97. The molecule has 10 heteroatoms. The van der Waals surface area contributed by atoms with Crippen molar-refractivity contribution >= 4 is 21.6 Å². The Morgan fingerprint density at radius 2 is 2.14 bits per heavy atom. The number of nitrogens with zero attached hydrogens (tertiary/aromatic N) is 3. The molecule has 2 aliphatic carbocycles. The molecule has 2 heterocycles. The molecule has 0 bridgehead atoms. The van der Waals surface area contributed by atoms with Gasteiger partial charge in [-0.15, -0.1) is 4.36 Å². The lowest BCUT2D eigenvalue weighted by Crippen LogP contribution is -2.22. The van der Waals surface area contributed by atoms with E-state index in [1.165, 1.54) is 22.0 Å². The number of aliphatic hydroxyl groups is 1. The predicted molar refractivity (Wildman–Crippen MR) is 102 cm³/mol. The molecule has 1 unspecified atom stereocenters. The summed E-state index contributed by atoms with van der Waals surface area (Å²) in [5.41, 5.74) is 5.67. The van der Waals surface area contributed by atoms with Crippen LogP contribution in [0.5, 0.6) is 5.88 Å². The number of ether oxygens (including phenoxy) is 1. The van der Waals surface area contributed by atoms with Crippen LogP contribution in [0.25, 0.3) is 0 Å². The highest BCUT2D eigenvalue weighted by Crippen LogP contribution is 2.39. The van der Waals surface area contributed by atoms with Gasteiger partial charge in [0.15, 0.2) is 9.92 Å². The topological polar surface area (TPSA) is 132 Å². The standard InChI is InChI=1S/C18H21N5O4S/c19-28(26,15-7-20-23-8-12(9-24)27-17(15)23)22-18(25)21-16-13-3-1-2-10(13)6-11-4-5-14(11)16/h6-7,12,24H,1-5,8-9H2,(H3,19,21,22,25,26)/t12-,28?/m0/s1. The Bertz CT molecular complexity index is 1120. The number of aryl methyl sites for hydroxylation is 2. The third-order valence-electron chi connectivity index (χ3n) is 5.63. The quantitative estimate of drug-likeness (QED) is 0.707. The number of benzene rings is 1. The number of hydrogen-bond acceptors (Lipinski definition) is 5. The molecule has 1 aliphatic heterocycles. The van der Waals surface area contributed by atoms with E-state index in [9.17, 15) is 14.1 Å². The van der Waals surface area contributed by atoms with Gasteiger partial charge in [0.25, 0.3) is 0 Å². The van der Waals surface area contributed by atoms with Crippen LogP contribution < -0.4 is 15.2 Å². The fourth-order valence-corrected chi connectivity index (χ4v) is 5.18. The fraction of sp³-hybridized carbons (Fsp3) is 0.444. The number of rotatable bonds is 3. The zero-order valence-corrected chi connectivity index (χ0v) is 16.0. The molecule has 148 valence electrons. The molecule has 0 spiro atoms. The first-order chi connectivity index (χ1) is 13.5. The van der Waals surface area contributed by atoms with Crippen LogP contribution in [0, 0.1) is 0 Å². The molecule has 5 rings (SSSR count). The number of hydrogen-bond donors (Lipinski definition) is 3. The molecule has 4 N–H and O–H groups in total. The average Bonchev–Trinajstić information content (AvgIpc) is 3.31. The van der Waals surface area contributed by atoms with E-state index in [2.05, 4.69) is 20.8 Å². The van der Waals surface area contributed by atoms with Crippen molar-refractivity contribution in [2.24, 2.45) is 9.50 Å². The summed E-state index contributed by atoms with van der Waals surface area (Å²) in [6.07, 6.45) is 5.77. The third kappa shape index (κ3) is 2.71. The van der Waals surface area contributed by atoms with Crippen molar-refractivity contribution in [3.8, 4) is 5.88 Å². The van der Waals surface area contributed by atoms with Crippen LogP contribution in [-0.2, 0) is 42.1 Å². The van der Waals surface area contributed by atoms with Gasteiger partial charge in [-0.3, -0.25) is 0 Å². The summed E-state index contributed by atoms with van der Waals surface area (Å²) < 4.78 is 23.7. The minimum atomic E-state index is -3.54. The van der Waals surface area contributed by atoms with Gasteiger partial charge in [-0.2, -0.15) is 5.10 Å². The SMILES string of the molecule is NS(=O)(=NC(=O)Nc1c2c(cc3c1CC3)CCC2)c1cnn2c1O[C@H](CO)C2. The van der Waals surface area contributed by atoms with Gasteiger partial charge in [0.2, 0.25) is 5.88 Å². The summed E-state index contributed by atoms with van der Waals surface area (Å²) in [5, 5.41) is 22.0. The first-order valence-corrected chi connectivity index (χ1v) is 10.9. The minimum absolute atomic E-state index is 0.0601. The van der Waals surface area contributed by atoms with Crippen LogP contribution in [0.15, 0.2) is 21.5 Å². The maximum atomic E-state index is 13.0. The van der Waals surface area contributed by atoms with Gasteiger partial charge >= 0.3 is 6.03 Å². The van der Waals surface area contributed by atoms with E-state index in [0.717, 1.165) is 48.9 Å². The second-order valence-corrected chi connectivity index (χ2v) is 9.15. The molecule has 2 atom stereocenters. The lowest BCUT2D eigenvalue weighted by atomic mass is 9.83. The molecule has 9 nitrogen and oxygen atoms in total.